The Hall–Kier alpha value is -1.72. The lowest BCUT2D eigenvalue weighted by molar-refractivity contribution is -0.171. The van der Waals surface area contributed by atoms with Crippen LogP contribution >= 0.6 is 0 Å². The van der Waals surface area contributed by atoms with Crippen LogP contribution in [0.2, 0.25) is 0 Å². The van der Waals surface area contributed by atoms with Crippen LogP contribution in [0.15, 0.2) is 0 Å². The van der Waals surface area contributed by atoms with E-state index in [-0.39, 0.29) is 10.8 Å². The second kappa shape index (κ2) is 6.06. The van der Waals surface area contributed by atoms with Gasteiger partial charge in [-0.15, -0.1) is 0 Å². The molecule has 1 aliphatic carbocycles. The highest BCUT2D eigenvalue weighted by Crippen LogP contribution is 2.48. The Morgan fingerprint density at radius 3 is 1.17 bits per heavy atom. The number of esters is 4. The lowest BCUT2D eigenvalue weighted by Gasteiger charge is -2.36. The summed E-state index contributed by atoms with van der Waals surface area (Å²) in [5.41, 5.74) is -0.589. The Morgan fingerprint density at radius 1 is 0.522 bits per heavy atom. The molecule has 2 saturated heterocycles. The van der Waals surface area contributed by atoms with Crippen molar-refractivity contribution >= 4 is 23.9 Å². The van der Waals surface area contributed by atoms with Gasteiger partial charge in [0.15, 0.2) is 0 Å². The third-order valence-corrected chi connectivity index (χ3v) is 5.61. The van der Waals surface area contributed by atoms with Crippen LogP contribution in [0.5, 0.6) is 0 Å². The molecule has 23 heavy (non-hydrogen) atoms. The molecular formula is C17H22O6. The van der Waals surface area contributed by atoms with E-state index in [9.17, 15) is 19.2 Å². The van der Waals surface area contributed by atoms with Gasteiger partial charge in [0.1, 0.15) is 0 Å². The number of carbonyl (C=O) groups is 4. The summed E-state index contributed by atoms with van der Waals surface area (Å²) in [6, 6.07) is 0. The van der Waals surface area contributed by atoms with Crippen molar-refractivity contribution in [1.29, 1.82) is 0 Å². The molecule has 0 radical (unpaired) electrons. The Labute approximate surface area is 134 Å². The maximum Gasteiger partial charge on any atom is 0.314 e. The molecule has 0 atom stereocenters. The lowest BCUT2D eigenvalue weighted by atomic mass is 9.70. The Bertz CT molecular complexity index is 469. The van der Waals surface area contributed by atoms with E-state index >= 15 is 0 Å². The summed E-state index contributed by atoms with van der Waals surface area (Å²) in [7, 11) is 0. The zero-order chi connectivity index (χ0) is 16.5. The molecule has 0 unspecified atom stereocenters. The summed E-state index contributed by atoms with van der Waals surface area (Å²) in [6.07, 6.45) is 6.96. The number of hydrogen-bond acceptors (Lipinski definition) is 6. The Morgan fingerprint density at radius 2 is 0.826 bits per heavy atom. The number of hydrogen-bond donors (Lipinski definition) is 0. The molecule has 2 spiro atoms. The van der Waals surface area contributed by atoms with Crippen LogP contribution in [0, 0.1) is 10.8 Å². The van der Waals surface area contributed by atoms with Gasteiger partial charge in [-0.05, 0) is 36.5 Å². The maximum atomic E-state index is 11.7. The van der Waals surface area contributed by atoms with Crippen LogP contribution in [-0.2, 0) is 28.7 Å². The van der Waals surface area contributed by atoms with Crippen LogP contribution in [0.1, 0.15) is 70.6 Å². The van der Waals surface area contributed by atoms with Crippen LogP contribution < -0.4 is 0 Å². The molecule has 1 saturated carbocycles. The largest absolute Gasteiger partial charge is 0.393 e. The van der Waals surface area contributed by atoms with Crippen molar-refractivity contribution in [2.45, 2.75) is 70.6 Å². The normalized spacial score (nSPS) is 27.8. The minimum Gasteiger partial charge on any atom is -0.393 e. The first-order chi connectivity index (χ1) is 10.9. The Balaban J connectivity index is 1.72. The third kappa shape index (κ3) is 3.62. The molecule has 2 heterocycles. The van der Waals surface area contributed by atoms with E-state index in [1.165, 1.54) is 0 Å². The minimum atomic E-state index is -0.424. The molecule has 0 bridgehead atoms. The van der Waals surface area contributed by atoms with Gasteiger partial charge in [-0.25, -0.2) is 0 Å². The molecular weight excluding hydrogens is 300 g/mol. The third-order valence-electron chi connectivity index (χ3n) is 5.61. The SMILES string of the molecule is O=C1CC2(CCCCC3(CCC2)CC(=O)OC(=O)C3)CC(=O)O1. The number of ether oxygens (including phenoxy) is 2. The van der Waals surface area contributed by atoms with Gasteiger partial charge in [0.05, 0.1) is 25.7 Å². The van der Waals surface area contributed by atoms with Gasteiger partial charge in [-0.3, -0.25) is 19.2 Å². The van der Waals surface area contributed by atoms with Crippen LogP contribution in [0.25, 0.3) is 0 Å². The molecule has 2 aliphatic heterocycles. The topological polar surface area (TPSA) is 86.7 Å². The second-order valence-corrected chi connectivity index (χ2v) is 7.46. The predicted molar refractivity (Wildman–Crippen MR) is 77.9 cm³/mol. The van der Waals surface area contributed by atoms with Crippen molar-refractivity contribution in [3.05, 3.63) is 0 Å². The highest BCUT2D eigenvalue weighted by molar-refractivity contribution is 5.89. The fraction of sp³-hybridized carbons (Fsp3) is 0.765. The fourth-order valence-corrected chi connectivity index (χ4v) is 4.54. The first-order valence-electron chi connectivity index (χ1n) is 8.38. The highest BCUT2D eigenvalue weighted by Gasteiger charge is 2.44. The summed E-state index contributed by atoms with van der Waals surface area (Å²) < 4.78 is 9.34. The summed E-state index contributed by atoms with van der Waals surface area (Å²) in [4.78, 5) is 46.7. The first kappa shape index (κ1) is 16.1. The average Bonchev–Trinajstić information content (AvgIpc) is 2.47. The molecule has 0 aromatic carbocycles. The summed E-state index contributed by atoms with van der Waals surface area (Å²) in [5, 5.41) is 0. The van der Waals surface area contributed by atoms with Crippen LogP contribution in [0.3, 0.4) is 0 Å². The molecule has 0 aromatic rings. The number of rotatable bonds is 0. The smallest absolute Gasteiger partial charge is 0.314 e. The van der Waals surface area contributed by atoms with E-state index in [0.717, 1.165) is 44.9 Å². The second-order valence-electron chi connectivity index (χ2n) is 7.46. The maximum absolute atomic E-state index is 11.7. The molecule has 6 nitrogen and oxygen atoms in total. The van der Waals surface area contributed by atoms with Crippen molar-refractivity contribution < 1.29 is 28.7 Å². The summed E-state index contributed by atoms with van der Waals surface area (Å²) >= 11 is 0. The summed E-state index contributed by atoms with van der Waals surface area (Å²) in [6.45, 7) is 0. The van der Waals surface area contributed by atoms with Gasteiger partial charge in [0.25, 0.3) is 0 Å². The highest BCUT2D eigenvalue weighted by atomic mass is 16.6. The lowest BCUT2D eigenvalue weighted by Crippen LogP contribution is -2.36. The number of cyclic esters (lactones) is 4. The van der Waals surface area contributed by atoms with Crippen LogP contribution in [-0.4, -0.2) is 23.9 Å². The molecule has 0 amide bonds. The van der Waals surface area contributed by atoms with E-state index in [2.05, 4.69) is 9.47 Å². The zero-order valence-corrected chi connectivity index (χ0v) is 13.2. The van der Waals surface area contributed by atoms with Crippen molar-refractivity contribution in [2.24, 2.45) is 10.8 Å². The van der Waals surface area contributed by atoms with E-state index in [1.54, 1.807) is 0 Å². The average molecular weight is 322 g/mol. The zero-order valence-electron chi connectivity index (χ0n) is 13.2. The fourth-order valence-electron chi connectivity index (χ4n) is 4.54. The number of carbonyl (C=O) groups excluding carboxylic acids is 4. The van der Waals surface area contributed by atoms with Gasteiger partial charge in [0.2, 0.25) is 0 Å². The molecule has 6 heteroatoms. The van der Waals surface area contributed by atoms with E-state index < -0.39 is 23.9 Å². The minimum absolute atomic E-state index is 0.295. The van der Waals surface area contributed by atoms with Gasteiger partial charge in [0, 0.05) is 0 Å². The van der Waals surface area contributed by atoms with Crippen LogP contribution in [0.4, 0.5) is 0 Å². The van der Waals surface area contributed by atoms with Crippen molar-refractivity contribution in [2.75, 3.05) is 0 Å². The van der Waals surface area contributed by atoms with Crippen molar-refractivity contribution in [3.8, 4) is 0 Å². The standard InChI is InChI=1S/C17H22O6/c18-12-8-16(9-13(19)22-12)4-1-2-5-17(7-3-6-16)10-14(20)23-15(21)11-17/h1-11H2. The molecule has 3 rings (SSSR count). The summed E-state index contributed by atoms with van der Waals surface area (Å²) in [5.74, 6) is -1.70. The molecule has 3 fully saturated rings. The Kier molecular flexibility index (Phi) is 4.25. The van der Waals surface area contributed by atoms with Gasteiger partial charge in [-0.1, -0.05) is 19.3 Å². The van der Waals surface area contributed by atoms with E-state index in [4.69, 9.17) is 0 Å². The molecule has 0 aromatic heterocycles. The van der Waals surface area contributed by atoms with Gasteiger partial charge in [-0.2, -0.15) is 0 Å². The predicted octanol–water partition coefficient (Wildman–Crippen LogP) is 2.43. The monoisotopic (exact) mass is 322 g/mol. The van der Waals surface area contributed by atoms with E-state index in [0.29, 0.717) is 25.7 Å². The molecule has 0 N–H and O–H groups in total. The van der Waals surface area contributed by atoms with Crippen molar-refractivity contribution in [1.82, 2.24) is 0 Å². The quantitative estimate of drug-likeness (QED) is 0.503. The first-order valence-corrected chi connectivity index (χ1v) is 8.38. The van der Waals surface area contributed by atoms with Crippen molar-refractivity contribution in [3.63, 3.8) is 0 Å². The molecule has 126 valence electrons. The molecule has 3 aliphatic rings. The van der Waals surface area contributed by atoms with E-state index in [1.807, 2.05) is 0 Å². The van der Waals surface area contributed by atoms with Gasteiger partial charge >= 0.3 is 23.9 Å². The van der Waals surface area contributed by atoms with Gasteiger partial charge < -0.3 is 9.47 Å².